The minimum atomic E-state index is -1.46. The largest absolute Gasteiger partial charge is 0.390 e. The summed E-state index contributed by atoms with van der Waals surface area (Å²) in [4.78, 5) is 59.3. The van der Waals surface area contributed by atoms with Crippen LogP contribution in [0.5, 0.6) is 0 Å². The van der Waals surface area contributed by atoms with Crippen LogP contribution >= 0.6 is 0 Å². The zero-order valence-electron chi connectivity index (χ0n) is 32.4. The molecule has 1 saturated heterocycles. The molecule has 2 fully saturated rings. The van der Waals surface area contributed by atoms with Gasteiger partial charge in [0.15, 0.2) is 0 Å². The van der Waals surface area contributed by atoms with Gasteiger partial charge in [0.05, 0.1) is 35.6 Å². The first-order chi connectivity index (χ1) is 25.0. The summed E-state index contributed by atoms with van der Waals surface area (Å²) < 4.78 is 32.2. The summed E-state index contributed by atoms with van der Waals surface area (Å²) in [6.07, 6.45) is 3.57. The lowest BCUT2D eigenvalue weighted by atomic mass is 9.72. The second-order valence-corrected chi connectivity index (χ2v) is 14.4. The highest BCUT2D eigenvalue weighted by Gasteiger charge is 2.42. The van der Waals surface area contributed by atoms with Crippen LogP contribution in [-0.4, -0.2) is 81.5 Å². The van der Waals surface area contributed by atoms with Gasteiger partial charge in [-0.15, -0.1) is 0 Å². The molecule has 0 bridgehead atoms. The number of β-amino-alcohol motifs (C(OH)–C–C–N with tert-alkyl or cyclic N) is 1. The maximum atomic E-state index is 13.9. The molecule has 4 amide bonds. The highest BCUT2D eigenvalue weighted by molar-refractivity contribution is 5.99. The number of para-hydroxylation sites is 1. The topological polar surface area (TPSA) is 167 Å². The maximum Gasteiger partial charge on any atom is 0.270 e. The van der Waals surface area contributed by atoms with Crippen LogP contribution in [0.2, 0.25) is 0 Å². The van der Waals surface area contributed by atoms with Crippen molar-refractivity contribution in [2.45, 2.75) is 95.5 Å². The van der Waals surface area contributed by atoms with Crippen LogP contribution in [0.4, 0.5) is 0 Å². The number of rotatable bonds is 12. The number of amides is 4. The van der Waals surface area contributed by atoms with Gasteiger partial charge >= 0.3 is 0 Å². The van der Waals surface area contributed by atoms with Crippen molar-refractivity contribution in [3.63, 3.8) is 0 Å². The maximum absolute atomic E-state index is 13.9. The Bertz CT molecular complexity index is 1840. The molecular weight excluding hydrogens is 620 g/mol. The Hall–Kier alpha value is -4.35. The van der Waals surface area contributed by atoms with E-state index < -0.39 is 72.0 Å². The number of aliphatic hydroxyl groups is 1. The predicted molar refractivity (Wildman–Crippen MR) is 188 cm³/mol. The van der Waals surface area contributed by atoms with E-state index in [1.807, 2.05) is 56.0 Å². The summed E-state index contributed by atoms with van der Waals surface area (Å²) in [6.45, 7) is 6.53. The minimum Gasteiger partial charge on any atom is -0.390 e. The molecule has 2 heterocycles. The summed E-state index contributed by atoms with van der Waals surface area (Å²) in [5, 5.41) is 20.5. The summed E-state index contributed by atoms with van der Waals surface area (Å²) in [7, 11) is 0. The van der Waals surface area contributed by atoms with E-state index in [4.69, 9.17) is 11.2 Å². The lowest BCUT2D eigenvalue weighted by Gasteiger charge is -2.47. The van der Waals surface area contributed by atoms with Crippen LogP contribution < -0.4 is 21.7 Å². The number of benzene rings is 2. The van der Waals surface area contributed by atoms with Gasteiger partial charge in [0.1, 0.15) is 11.7 Å². The normalized spacial score (nSPS) is 22.7. The fraction of sp³-hybridized carbons (Fsp3) is 0.500. The van der Waals surface area contributed by atoms with E-state index in [0.717, 1.165) is 31.2 Å². The number of nitrogens with zero attached hydrogens (tertiary/aromatic N) is 2. The third-order valence-electron chi connectivity index (χ3n) is 9.41. The van der Waals surface area contributed by atoms with Crippen molar-refractivity contribution >= 4 is 34.5 Å². The van der Waals surface area contributed by atoms with Crippen LogP contribution in [0.1, 0.15) is 80.8 Å². The van der Waals surface area contributed by atoms with Gasteiger partial charge < -0.3 is 26.8 Å². The number of carbonyl (C=O) groups excluding carboxylic acids is 4. The van der Waals surface area contributed by atoms with Crippen LogP contribution in [0.25, 0.3) is 10.9 Å². The van der Waals surface area contributed by atoms with E-state index in [2.05, 4.69) is 20.9 Å². The molecule has 1 aliphatic heterocycles. The van der Waals surface area contributed by atoms with E-state index in [-0.39, 0.29) is 41.5 Å². The fourth-order valence-corrected chi connectivity index (χ4v) is 7.04. The summed E-state index contributed by atoms with van der Waals surface area (Å²) in [5.74, 6) is -1.78. The number of hydrogen-bond donors (Lipinski definition) is 5. The molecule has 0 spiro atoms. The number of aliphatic hydroxyl groups excluding tert-OH is 1. The third kappa shape index (κ3) is 9.86. The first-order valence-electron chi connectivity index (χ1n) is 19.1. The highest BCUT2D eigenvalue weighted by atomic mass is 16.3. The summed E-state index contributed by atoms with van der Waals surface area (Å²) in [5.41, 5.74) is 5.52. The zero-order valence-corrected chi connectivity index (χ0v) is 28.4. The predicted octanol–water partition coefficient (Wildman–Crippen LogP) is 3.09. The van der Waals surface area contributed by atoms with Gasteiger partial charge in [-0.3, -0.25) is 24.1 Å². The second kappa shape index (κ2) is 15.9. The molecule has 3 aromatic rings. The van der Waals surface area contributed by atoms with Crippen LogP contribution in [0.15, 0.2) is 66.6 Å². The highest BCUT2D eigenvalue weighted by Crippen LogP contribution is 2.39. The van der Waals surface area contributed by atoms with Gasteiger partial charge in [-0.1, -0.05) is 73.8 Å². The Morgan fingerprint density at radius 1 is 1.02 bits per heavy atom. The van der Waals surface area contributed by atoms with Crippen molar-refractivity contribution in [2.75, 3.05) is 13.1 Å². The number of aromatic nitrogens is 1. The van der Waals surface area contributed by atoms with Gasteiger partial charge in [-0.25, -0.2) is 4.98 Å². The van der Waals surface area contributed by atoms with Crippen molar-refractivity contribution < 1.29 is 29.8 Å². The molecule has 2 aliphatic rings. The van der Waals surface area contributed by atoms with Gasteiger partial charge in [-0.2, -0.15) is 0 Å². The number of nitrogens with one attached hydrogen (secondary N) is 3. The molecule has 262 valence electrons. The Balaban J connectivity index is 1.38. The molecule has 11 nitrogen and oxygen atoms in total. The lowest BCUT2D eigenvalue weighted by molar-refractivity contribution is -0.133. The van der Waals surface area contributed by atoms with E-state index in [0.29, 0.717) is 24.8 Å². The van der Waals surface area contributed by atoms with E-state index >= 15 is 0 Å². The average Bonchev–Trinajstić information content (AvgIpc) is 3.11. The number of likely N-dealkylation sites (tertiary alicyclic amines) is 1. The van der Waals surface area contributed by atoms with E-state index in [1.54, 1.807) is 0 Å². The Morgan fingerprint density at radius 2 is 1.73 bits per heavy atom. The number of nitrogens with two attached hydrogens (primary N) is 1. The van der Waals surface area contributed by atoms with Crippen molar-refractivity contribution in [1.82, 2.24) is 25.8 Å². The van der Waals surface area contributed by atoms with Crippen molar-refractivity contribution in [3.05, 3.63) is 77.9 Å². The first-order valence-corrected chi connectivity index (χ1v) is 17.1. The average molecular weight is 675 g/mol. The van der Waals surface area contributed by atoms with Crippen LogP contribution in [0, 0.1) is 11.8 Å². The monoisotopic (exact) mass is 674 g/mol. The van der Waals surface area contributed by atoms with E-state index in [9.17, 15) is 24.3 Å². The molecule has 11 heteroatoms. The number of pyridine rings is 1. The molecule has 5 rings (SSSR count). The Labute approximate surface area is 294 Å². The van der Waals surface area contributed by atoms with Crippen molar-refractivity contribution in [2.24, 2.45) is 17.6 Å². The SMILES string of the molecule is [2H]c1c([2H])c([2H])c2nc(C(=O)N[C@@H](CC(N)=O)C(=O)N[C@@H](Cc3ccccc3)[C@H](O)CN3C[C@H]4CCCC[C@H]4C[C@H]3C(=O)NC(C)(C)C)ccc2c1[2H]. The van der Waals surface area contributed by atoms with Crippen LogP contribution in [-0.2, 0) is 20.8 Å². The molecule has 6 atom stereocenters. The Morgan fingerprint density at radius 3 is 2.45 bits per heavy atom. The molecule has 0 radical (unpaired) electrons. The van der Waals surface area contributed by atoms with Gasteiger partial charge in [-0.05, 0) is 69.5 Å². The molecule has 0 unspecified atom stereocenters. The fourth-order valence-electron chi connectivity index (χ4n) is 7.04. The van der Waals surface area contributed by atoms with Gasteiger partial charge in [0, 0.05) is 24.0 Å². The molecule has 49 heavy (non-hydrogen) atoms. The zero-order chi connectivity index (χ0) is 38.6. The third-order valence-corrected chi connectivity index (χ3v) is 9.41. The summed E-state index contributed by atoms with van der Waals surface area (Å²) >= 11 is 0. The van der Waals surface area contributed by atoms with Crippen molar-refractivity contribution in [1.29, 1.82) is 0 Å². The molecule has 1 aliphatic carbocycles. The lowest BCUT2D eigenvalue weighted by Crippen LogP contribution is -2.61. The smallest absolute Gasteiger partial charge is 0.270 e. The quantitative estimate of drug-likeness (QED) is 0.197. The molecule has 2 aromatic carbocycles. The standard InChI is InChI=1S/C38H50N6O5/c1-38(2,3)43-37(49)32-20-26-14-7-8-15-27(26)22-44(32)23-33(45)30(19-24-11-5-4-6-12-24)41-36(48)31(21-34(39)46)42-35(47)29-18-17-25-13-9-10-16-28(25)40-29/h4-6,9-13,16-18,26-27,30-33,45H,7-8,14-15,19-23H2,1-3H3,(H2,39,46)(H,41,48)(H,42,47)(H,43,49)/t26-,27+,30-,31-,32-,33+/m0/s1/i9D,10D,13D,16D. The molecule has 1 aromatic heterocycles. The number of carbonyl (C=O) groups is 4. The van der Waals surface area contributed by atoms with Crippen molar-refractivity contribution in [3.8, 4) is 0 Å². The molecular formula is C38H50N6O5. The molecule has 1 saturated carbocycles. The van der Waals surface area contributed by atoms with Gasteiger partial charge in [0.25, 0.3) is 5.91 Å². The number of piperidine rings is 1. The first kappa shape index (κ1) is 30.7. The number of primary amides is 1. The van der Waals surface area contributed by atoms with E-state index in [1.165, 1.54) is 12.1 Å². The Kier molecular flexibility index (Phi) is 9.96. The summed E-state index contributed by atoms with van der Waals surface area (Å²) in [6, 6.07) is 7.39. The molecule has 6 N–H and O–H groups in total. The number of hydrogen-bond acceptors (Lipinski definition) is 7. The number of fused-ring (bicyclic) bond motifs is 2. The van der Waals surface area contributed by atoms with Crippen LogP contribution in [0.3, 0.4) is 0 Å². The minimum absolute atomic E-state index is 0.0977. The van der Waals surface area contributed by atoms with Gasteiger partial charge in [0.2, 0.25) is 17.7 Å². The second-order valence-electron chi connectivity index (χ2n) is 14.4.